The molecule has 1 amide bonds. The fourth-order valence-electron chi connectivity index (χ4n) is 7.68. The molecule has 8 rings (SSSR count). The Hall–Kier alpha value is -3.12. The smallest absolute Gasteiger partial charge is 0.416 e. The average molecular weight is 805 g/mol. The molecule has 51 heavy (non-hydrogen) atoms. The minimum absolute atomic E-state index is 0.0102. The molecule has 1 aromatic carbocycles. The number of methoxy groups -OCH3 is 1. The van der Waals surface area contributed by atoms with E-state index in [9.17, 15) is 22.4 Å². The van der Waals surface area contributed by atoms with Crippen LogP contribution in [0.25, 0.3) is 0 Å². The Morgan fingerprint density at radius 1 is 1.22 bits per heavy atom. The van der Waals surface area contributed by atoms with Gasteiger partial charge in [0, 0.05) is 43.7 Å². The minimum atomic E-state index is -4.80. The molecule has 3 aromatic rings. The highest BCUT2D eigenvalue weighted by atomic mass is 79.9. The molecule has 5 aliphatic heterocycles. The van der Waals surface area contributed by atoms with Gasteiger partial charge in [-0.3, -0.25) is 14.4 Å². The van der Waals surface area contributed by atoms with E-state index in [0.29, 0.717) is 61.7 Å². The van der Waals surface area contributed by atoms with Crippen LogP contribution in [0.1, 0.15) is 63.9 Å². The standard InChI is InChI=1S/C26H24BrClF4N6O4.C7H12FN/c1-33-23(39)21-19(28)16-6-37(8-25(10-41-11-25)9-38(16)36-21)22-12-7-42-17(5-15(12)34-24(35-22)40-2)18-13(26(30,31)32)3-4-14(27)20(18)29;8-6-4-7-2-1-3-9(7)5-6/h3-4,17H,5-11H2,1-2H3,(H,33,39);6-7H,1-5H2. The van der Waals surface area contributed by atoms with Gasteiger partial charge in [0.25, 0.3) is 5.91 Å². The summed E-state index contributed by atoms with van der Waals surface area (Å²) in [7, 11) is 2.87. The summed E-state index contributed by atoms with van der Waals surface area (Å²) in [4.78, 5) is 25.7. The van der Waals surface area contributed by atoms with E-state index < -0.39 is 41.3 Å². The molecule has 0 bridgehead atoms. The number of nitrogens with zero attached hydrogens (tertiary/aromatic N) is 6. The van der Waals surface area contributed by atoms with Crippen molar-refractivity contribution in [1.29, 1.82) is 0 Å². The van der Waals surface area contributed by atoms with Crippen LogP contribution in [0, 0.1) is 11.2 Å². The molecule has 18 heteroatoms. The summed E-state index contributed by atoms with van der Waals surface area (Å²) in [5.74, 6) is -1.04. The molecular weight excluding hydrogens is 769 g/mol. The van der Waals surface area contributed by atoms with Crippen LogP contribution >= 0.6 is 27.5 Å². The fourth-order valence-corrected chi connectivity index (χ4v) is 8.30. The molecule has 3 fully saturated rings. The van der Waals surface area contributed by atoms with E-state index in [1.165, 1.54) is 27.0 Å². The van der Waals surface area contributed by atoms with Crippen LogP contribution in [-0.4, -0.2) is 89.8 Å². The first-order chi connectivity index (χ1) is 24.3. The number of carbonyl (C=O) groups excluding carboxylic acids is 1. The minimum Gasteiger partial charge on any atom is -0.467 e. The van der Waals surface area contributed by atoms with Crippen LogP contribution in [0.4, 0.5) is 27.8 Å². The third kappa shape index (κ3) is 6.91. The number of benzene rings is 1. The Balaban J connectivity index is 0.000000389. The maximum Gasteiger partial charge on any atom is 0.416 e. The summed E-state index contributed by atoms with van der Waals surface area (Å²) in [6.45, 7) is 3.66. The molecule has 5 aliphatic rings. The SMILES string of the molecule is CNC(=O)c1nn2c(c1Cl)CN(c1nc(OC)nc3c1COC(c1c(C(F)(F)F)ccc(Br)c1F)C3)CC1(COC1)C2.FC1CC2CCCN2C1. The van der Waals surface area contributed by atoms with Crippen molar-refractivity contribution in [2.75, 3.05) is 51.9 Å². The predicted octanol–water partition coefficient (Wildman–Crippen LogP) is 5.66. The highest BCUT2D eigenvalue weighted by molar-refractivity contribution is 9.10. The number of amides is 1. The van der Waals surface area contributed by atoms with Crippen molar-refractivity contribution >= 4 is 39.3 Å². The summed E-state index contributed by atoms with van der Waals surface area (Å²) in [5, 5.41) is 7.21. The first-order valence-corrected chi connectivity index (χ1v) is 17.8. The molecular formula is C33H36BrClF5N7O4. The molecule has 0 aliphatic carbocycles. The monoisotopic (exact) mass is 803 g/mol. The third-order valence-corrected chi connectivity index (χ3v) is 11.2. The average Bonchev–Trinajstić information content (AvgIpc) is 3.72. The first kappa shape index (κ1) is 36.2. The number of halogens is 7. The second-order valence-corrected chi connectivity index (χ2v) is 14.8. The van der Waals surface area contributed by atoms with Gasteiger partial charge in [-0.05, 0) is 53.9 Å². The Morgan fingerprint density at radius 3 is 2.67 bits per heavy atom. The van der Waals surface area contributed by atoms with Crippen molar-refractivity contribution in [3.63, 3.8) is 0 Å². The Morgan fingerprint density at radius 2 is 2.00 bits per heavy atom. The summed E-state index contributed by atoms with van der Waals surface area (Å²) in [6, 6.07) is 2.45. The van der Waals surface area contributed by atoms with Gasteiger partial charge < -0.3 is 24.4 Å². The summed E-state index contributed by atoms with van der Waals surface area (Å²) in [6.07, 6.45) is -3.40. The van der Waals surface area contributed by atoms with E-state index in [0.717, 1.165) is 25.1 Å². The van der Waals surface area contributed by atoms with Gasteiger partial charge in [0.2, 0.25) is 0 Å². The van der Waals surface area contributed by atoms with Gasteiger partial charge in [-0.25, -0.2) is 8.78 Å². The number of fused-ring (bicyclic) bond motifs is 3. The molecule has 1 N–H and O–H groups in total. The Labute approximate surface area is 303 Å². The van der Waals surface area contributed by atoms with Crippen molar-refractivity contribution < 1.29 is 41.0 Å². The number of hydrogen-bond acceptors (Lipinski definition) is 9. The molecule has 3 unspecified atom stereocenters. The van der Waals surface area contributed by atoms with E-state index in [1.54, 1.807) is 4.68 Å². The topological polar surface area (TPSA) is 107 Å². The van der Waals surface area contributed by atoms with Gasteiger partial charge in [0.1, 0.15) is 17.8 Å². The highest BCUT2D eigenvalue weighted by Gasteiger charge is 2.46. The lowest BCUT2D eigenvalue weighted by atomic mass is 9.85. The first-order valence-electron chi connectivity index (χ1n) is 16.6. The quantitative estimate of drug-likeness (QED) is 0.335. The molecule has 2 aromatic heterocycles. The molecule has 3 atom stereocenters. The van der Waals surface area contributed by atoms with Crippen LogP contribution in [0.3, 0.4) is 0 Å². The van der Waals surface area contributed by atoms with Crippen LogP contribution in [0.5, 0.6) is 6.01 Å². The molecule has 1 spiro atoms. The Bertz CT molecular complexity index is 1810. The summed E-state index contributed by atoms with van der Waals surface area (Å²) < 4.78 is 87.8. The van der Waals surface area contributed by atoms with E-state index in [-0.39, 0.29) is 46.2 Å². The molecule has 0 radical (unpaired) electrons. The Kier molecular flexibility index (Phi) is 9.97. The van der Waals surface area contributed by atoms with Gasteiger partial charge in [-0.2, -0.15) is 28.2 Å². The van der Waals surface area contributed by atoms with Crippen molar-refractivity contribution in [2.24, 2.45) is 5.41 Å². The second kappa shape index (κ2) is 14.0. The number of nitrogens with one attached hydrogen (secondary N) is 1. The van der Waals surface area contributed by atoms with Gasteiger partial charge in [0.05, 0.1) is 78.0 Å². The normalized spacial score (nSPS) is 23.8. The number of ether oxygens (including phenoxy) is 3. The van der Waals surface area contributed by atoms with Crippen LogP contribution < -0.4 is 15.0 Å². The predicted molar refractivity (Wildman–Crippen MR) is 178 cm³/mol. The second-order valence-electron chi connectivity index (χ2n) is 13.6. The van der Waals surface area contributed by atoms with Gasteiger partial charge >= 0.3 is 12.2 Å². The lowest BCUT2D eigenvalue weighted by Gasteiger charge is -2.43. The number of anilines is 1. The fraction of sp³-hybridized carbons (Fsp3) is 0.576. The van der Waals surface area contributed by atoms with Crippen molar-refractivity contribution in [1.82, 2.24) is 30.0 Å². The van der Waals surface area contributed by atoms with Gasteiger partial charge in [0.15, 0.2) is 5.69 Å². The number of aromatic nitrogens is 4. The summed E-state index contributed by atoms with van der Waals surface area (Å²) >= 11 is 9.64. The zero-order valence-electron chi connectivity index (χ0n) is 27.8. The maximum atomic E-state index is 15.2. The van der Waals surface area contributed by atoms with E-state index in [1.807, 2.05) is 4.90 Å². The van der Waals surface area contributed by atoms with Gasteiger partial charge in [-0.15, -0.1) is 0 Å². The van der Waals surface area contributed by atoms with Crippen LogP contribution in [0.15, 0.2) is 16.6 Å². The maximum absolute atomic E-state index is 15.2. The van der Waals surface area contributed by atoms with Crippen LogP contribution in [-0.2, 0) is 41.8 Å². The zero-order valence-corrected chi connectivity index (χ0v) is 30.2. The van der Waals surface area contributed by atoms with E-state index in [4.69, 9.17) is 25.8 Å². The van der Waals surface area contributed by atoms with Crippen molar-refractivity contribution in [2.45, 2.75) is 69.9 Å². The zero-order chi connectivity index (χ0) is 36.2. The van der Waals surface area contributed by atoms with Gasteiger partial charge in [-0.1, -0.05) is 11.6 Å². The summed E-state index contributed by atoms with van der Waals surface area (Å²) in [5.41, 5.74) is -0.504. The molecule has 0 saturated carbocycles. The molecule has 3 saturated heterocycles. The lowest BCUT2D eigenvalue weighted by Crippen LogP contribution is -2.52. The molecule has 11 nitrogen and oxygen atoms in total. The number of alkyl halides is 4. The number of rotatable bonds is 4. The largest absolute Gasteiger partial charge is 0.467 e. The van der Waals surface area contributed by atoms with Crippen molar-refractivity contribution in [3.8, 4) is 6.01 Å². The molecule has 276 valence electrons. The van der Waals surface area contributed by atoms with E-state index >= 15 is 4.39 Å². The third-order valence-electron chi connectivity index (χ3n) is 10.2. The van der Waals surface area contributed by atoms with E-state index in [2.05, 4.69) is 41.2 Å². The van der Waals surface area contributed by atoms with Crippen LogP contribution in [0.2, 0.25) is 5.02 Å². The number of carbonyl (C=O) groups is 1. The van der Waals surface area contributed by atoms with Crippen molar-refractivity contribution in [3.05, 3.63) is 61.2 Å². The lowest BCUT2D eigenvalue weighted by molar-refractivity contribution is -0.140. The number of hydrogen-bond donors (Lipinski definition) is 1. The molecule has 7 heterocycles. The highest BCUT2D eigenvalue weighted by Crippen LogP contribution is 2.45.